The minimum Gasteiger partial charge on any atom is -0.481 e. The summed E-state index contributed by atoms with van der Waals surface area (Å²) in [5, 5.41) is 8.64. The van der Waals surface area contributed by atoms with E-state index in [-0.39, 0.29) is 91.7 Å². The molecule has 324 valence electrons. The van der Waals surface area contributed by atoms with Crippen molar-refractivity contribution in [3.63, 3.8) is 0 Å². The Morgan fingerprint density at radius 2 is 0.698 bits per heavy atom. The number of rotatable bonds is 18. The smallest absolute Gasteiger partial charge is 0.291 e. The second-order valence-corrected chi connectivity index (χ2v) is 15.1. The zero-order valence-electron chi connectivity index (χ0n) is 34.1. The third-order valence-corrected chi connectivity index (χ3v) is 10.5. The van der Waals surface area contributed by atoms with Crippen molar-refractivity contribution in [3.8, 4) is 17.2 Å². The van der Waals surface area contributed by atoms with Gasteiger partial charge in [-0.1, -0.05) is 91.0 Å². The first kappa shape index (κ1) is 43.4. The van der Waals surface area contributed by atoms with Gasteiger partial charge in [-0.2, -0.15) is 0 Å². The molecule has 1 aliphatic carbocycles. The maximum absolute atomic E-state index is 13.6. The van der Waals surface area contributed by atoms with Crippen molar-refractivity contribution in [2.45, 2.75) is 39.1 Å². The predicted molar refractivity (Wildman–Crippen MR) is 229 cm³/mol. The highest BCUT2D eigenvalue weighted by atomic mass is 16.5. The van der Waals surface area contributed by atoms with Crippen LogP contribution < -0.4 is 46.4 Å². The van der Waals surface area contributed by atoms with Gasteiger partial charge in [-0.15, -0.1) is 0 Å². The van der Waals surface area contributed by atoms with E-state index < -0.39 is 34.0 Å². The molecule has 0 spiro atoms. The average Bonchev–Trinajstić information content (AvgIpc) is 3.31. The monoisotopic (exact) mass is 855 g/mol. The minimum atomic E-state index is -0.652. The maximum Gasteiger partial charge on any atom is 0.291 e. The molecular weight excluding hydrogens is 811 g/mol. The molecule has 1 saturated carbocycles. The summed E-state index contributed by atoms with van der Waals surface area (Å²) in [4.78, 5) is 79.1. The largest absolute Gasteiger partial charge is 0.481 e. The summed E-state index contributed by atoms with van der Waals surface area (Å²) in [6.07, 6.45) is 5.02. The Kier molecular flexibility index (Phi) is 14.6. The lowest BCUT2D eigenvalue weighted by atomic mass is 9.75. The Bertz CT molecular complexity index is 2370. The molecule has 0 unspecified atom stereocenters. The molecule has 1 fully saturated rings. The first-order valence-electron chi connectivity index (χ1n) is 20.4. The highest BCUT2D eigenvalue weighted by molar-refractivity contribution is 5.95. The summed E-state index contributed by atoms with van der Waals surface area (Å²) in [6, 6.07) is 31.0. The third kappa shape index (κ3) is 11.8. The summed E-state index contributed by atoms with van der Waals surface area (Å²) < 4.78 is 33.8. The molecule has 0 aliphatic heterocycles. The zero-order valence-corrected chi connectivity index (χ0v) is 34.1. The van der Waals surface area contributed by atoms with Gasteiger partial charge in [0.05, 0.1) is 18.8 Å². The molecule has 3 N–H and O–H groups in total. The molecular formula is C48H45N3O12. The van der Waals surface area contributed by atoms with Crippen LogP contribution in [0.1, 0.15) is 67.6 Å². The second kappa shape index (κ2) is 21.2. The summed E-state index contributed by atoms with van der Waals surface area (Å²) in [6.45, 7) is 0.583. The fraction of sp³-hybridized carbons (Fsp3) is 0.250. The van der Waals surface area contributed by atoms with Gasteiger partial charge in [0.1, 0.15) is 19.8 Å². The van der Waals surface area contributed by atoms with Crippen molar-refractivity contribution in [2.24, 2.45) is 17.8 Å². The van der Waals surface area contributed by atoms with Crippen molar-refractivity contribution in [1.82, 2.24) is 16.0 Å². The van der Waals surface area contributed by atoms with Gasteiger partial charge >= 0.3 is 0 Å². The summed E-state index contributed by atoms with van der Waals surface area (Å²) >= 11 is 0. The number of hydrogen-bond acceptors (Lipinski definition) is 12. The first-order chi connectivity index (χ1) is 30.7. The lowest BCUT2D eigenvalue weighted by molar-refractivity contribution is 0.0872. The van der Waals surface area contributed by atoms with Gasteiger partial charge in [0.25, 0.3) is 17.7 Å². The topological polar surface area (TPSA) is 206 Å². The average molecular weight is 856 g/mol. The lowest BCUT2D eigenvalue weighted by Gasteiger charge is -2.35. The van der Waals surface area contributed by atoms with Crippen LogP contribution in [0.3, 0.4) is 0 Å². The quantitative estimate of drug-likeness (QED) is 0.0924. The van der Waals surface area contributed by atoms with Crippen LogP contribution in [0.5, 0.6) is 17.2 Å². The van der Waals surface area contributed by atoms with Crippen molar-refractivity contribution in [3.05, 3.63) is 193 Å². The molecule has 7 rings (SSSR count). The first-order valence-corrected chi connectivity index (χ1v) is 20.4. The second-order valence-electron chi connectivity index (χ2n) is 15.1. The van der Waals surface area contributed by atoms with Crippen LogP contribution in [0.2, 0.25) is 0 Å². The van der Waals surface area contributed by atoms with E-state index in [1.165, 1.54) is 18.2 Å². The van der Waals surface area contributed by atoms with Gasteiger partial charge in [0.2, 0.25) is 50.8 Å². The number of hydrogen-bond donors (Lipinski definition) is 3. The fourth-order valence-corrected chi connectivity index (χ4v) is 7.44. The van der Waals surface area contributed by atoms with Crippen LogP contribution in [0.15, 0.2) is 156 Å². The fourth-order valence-electron chi connectivity index (χ4n) is 7.44. The van der Waals surface area contributed by atoms with Crippen molar-refractivity contribution >= 4 is 17.7 Å². The molecule has 3 amide bonds. The highest BCUT2D eigenvalue weighted by Gasteiger charge is 2.32. The molecule has 1 aliphatic rings. The number of carbonyl (C=O) groups excluding carboxylic acids is 3. The van der Waals surface area contributed by atoms with E-state index in [0.717, 1.165) is 35.5 Å². The van der Waals surface area contributed by atoms with Crippen LogP contribution >= 0.6 is 0 Å². The Morgan fingerprint density at radius 1 is 0.429 bits per heavy atom. The standard InChI is InChI=1S/C48H45N3O12/c52-37-16-19-58-43(40(37)61-28-31-10-4-1-5-11-31)46(55)49-25-34-22-35(26-50-47(56)44-41(38(53)17-20-59-44)62-29-32-12-6-2-7-13-32)24-36(23-34)27-51-48(57)45-42(39(54)18-21-60-45)63-30-33-14-8-3-9-15-33/h1-21,34-36H,22-30H2,(H,49,55)(H,50,56)(H,51,57). The molecule has 15 nitrogen and oxygen atoms in total. The van der Waals surface area contributed by atoms with E-state index in [4.69, 9.17) is 27.5 Å². The van der Waals surface area contributed by atoms with Crippen LogP contribution in [0, 0.1) is 17.8 Å². The van der Waals surface area contributed by atoms with Gasteiger partial charge in [-0.25, -0.2) is 0 Å². The molecule has 6 aromatic rings. The highest BCUT2D eigenvalue weighted by Crippen LogP contribution is 2.33. The third-order valence-electron chi connectivity index (χ3n) is 10.5. The summed E-state index contributed by atoms with van der Waals surface area (Å²) in [5.41, 5.74) is 0.829. The van der Waals surface area contributed by atoms with E-state index in [9.17, 15) is 28.8 Å². The lowest BCUT2D eigenvalue weighted by Crippen LogP contribution is -2.41. The molecule has 63 heavy (non-hydrogen) atoms. The Balaban J connectivity index is 1.04. The van der Waals surface area contributed by atoms with Gasteiger partial charge in [0.15, 0.2) is 0 Å². The van der Waals surface area contributed by atoms with Crippen LogP contribution in [-0.2, 0) is 19.8 Å². The molecule has 0 saturated heterocycles. The summed E-state index contributed by atoms with van der Waals surface area (Å²) in [5.74, 6) is -3.95. The number of carbonyl (C=O) groups is 3. The van der Waals surface area contributed by atoms with E-state index in [0.29, 0.717) is 19.3 Å². The van der Waals surface area contributed by atoms with E-state index in [2.05, 4.69) is 16.0 Å². The minimum absolute atomic E-state index is 0.0411. The molecule has 0 bridgehead atoms. The number of amides is 3. The number of ether oxygens (including phenoxy) is 3. The number of benzene rings is 3. The van der Waals surface area contributed by atoms with E-state index >= 15 is 0 Å². The molecule has 3 heterocycles. The predicted octanol–water partition coefficient (Wildman–Crippen LogP) is 5.91. The van der Waals surface area contributed by atoms with Crippen molar-refractivity contribution in [1.29, 1.82) is 0 Å². The Labute approximate surface area is 361 Å². The van der Waals surface area contributed by atoms with Crippen LogP contribution in [-0.4, -0.2) is 37.4 Å². The van der Waals surface area contributed by atoms with Crippen molar-refractivity contribution in [2.75, 3.05) is 19.6 Å². The normalized spacial score (nSPS) is 15.7. The molecule has 3 aromatic heterocycles. The van der Waals surface area contributed by atoms with Gasteiger partial charge < -0.3 is 43.4 Å². The molecule has 3 aromatic carbocycles. The number of nitrogens with one attached hydrogen (secondary N) is 3. The molecule has 0 radical (unpaired) electrons. The maximum atomic E-state index is 13.6. The van der Waals surface area contributed by atoms with Gasteiger partial charge in [0, 0.05) is 37.8 Å². The summed E-state index contributed by atoms with van der Waals surface area (Å²) in [7, 11) is 0. The zero-order chi connectivity index (χ0) is 44.0. The molecule has 15 heteroatoms. The van der Waals surface area contributed by atoms with Crippen LogP contribution in [0.4, 0.5) is 0 Å². The Morgan fingerprint density at radius 3 is 0.968 bits per heavy atom. The van der Waals surface area contributed by atoms with Gasteiger partial charge in [-0.05, 0) is 53.7 Å². The molecule has 0 atom stereocenters. The Hall–Kier alpha value is -7.68. The SMILES string of the molecule is O=C(NCC1CC(CNC(=O)c2occc(=O)c2OCc2ccccc2)CC(CNC(=O)c2occc(=O)c2OCc2ccccc2)C1)c1occc(=O)c1OCc1ccccc1. The van der Waals surface area contributed by atoms with Crippen molar-refractivity contribution < 1.29 is 41.8 Å². The van der Waals surface area contributed by atoms with Gasteiger partial charge in [-0.3, -0.25) is 28.8 Å². The van der Waals surface area contributed by atoms with Crippen LogP contribution in [0.25, 0.3) is 0 Å². The van der Waals surface area contributed by atoms with E-state index in [1.807, 2.05) is 91.0 Å². The van der Waals surface area contributed by atoms with E-state index in [1.54, 1.807) is 0 Å².